The number of rotatable bonds is 5. The molecule has 0 radical (unpaired) electrons. The largest absolute Gasteiger partial charge is 0.482 e. The molecule has 1 aromatic carbocycles. The number of amides is 3. The van der Waals surface area contributed by atoms with Crippen molar-refractivity contribution in [3.05, 3.63) is 52.9 Å². The van der Waals surface area contributed by atoms with Crippen LogP contribution in [0.25, 0.3) is 5.65 Å². The highest BCUT2D eigenvalue weighted by molar-refractivity contribution is 6.31. The molecule has 0 saturated carbocycles. The molecule has 11 heteroatoms. The Hall–Kier alpha value is -3.66. The summed E-state index contributed by atoms with van der Waals surface area (Å²) in [4.78, 5) is 45.2. The van der Waals surface area contributed by atoms with Crippen molar-refractivity contribution in [3.8, 4) is 5.75 Å². The number of carbonyl (C=O) groups excluding carboxylic acids is 3. The van der Waals surface area contributed by atoms with Gasteiger partial charge in [-0.2, -0.15) is 5.10 Å². The van der Waals surface area contributed by atoms with Gasteiger partial charge in [0.25, 0.3) is 11.8 Å². The highest BCUT2D eigenvalue weighted by Gasteiger charge is 2.32. The maximum Gasteiger partial charge on any atom is 0.265 e. The zero-order valence-corrected chi connectivity index (χ0v) is 19.1. The number of anilines is 1. The van der Waals surface area contributed by atoms with Crippen LogP contribution < -0.4 is 15.4 Å². The fourth-order valence-corrected chi connectivity index (χ4v) is 4.81. The molecule has 5 rings (SSSR count). The summed E-state index contributed by atoms with van der Waals surface area (Å²) in [5.41, 5.74) is 7.39. The average Bonchev–Trinajstić information content (AvgIpc) is 3.28. The fraction of sp³-hybridized carbons (Fsp3) is 0.348. The zero-order valence-electron chi connectivity index (χ0n) is 18.3. The van der Waals surface area contributed by atoms with Gasteiger partial charge in [0.15, 0.2) is 12.3 Å². The van der Waals surface area contributed by atoms with E-state index >= 15 is 0 Å². The summed E-state index contributed by atoms with van der Waals surface area (Å²) in [5, 5.41) is 4.79. The van der Waals surface area contributed by atoms with Gasteiger partial charge in [-0.15, -0.1) is 0 Å². The number of ether oxygens (including phenoxy) is 1. The third-order valence-corrected chi connectivity index (χ3v) is 6.51. The summed E-state index contributed by atoms with van der Waals surface area (Å²) in [6.07, 6.45) is 5.74. The van der Waals surface area contributed by atoms with E-state index in [1.165, 1.54) is 6.20 Å². The van der Waals surface area contributed by atoms with Crippen LogP contribution in [0, 0.1) is 0 Å². The molecule has 2 aliphatic heterocycles. The van der Waals surface area contributed by atoms with Gasteiger partial charge in [0.05, 0.1) is 23.6 Å². The Balaban J connectivity index is 1.38. The highest BCUT2D eigenvalue weighted by Crippen LogP contribution is 2.35. The van der Waals surface area contributed by atoms with Crippen LogP contribution >= 0.6 is 11.6 Å². The summed E-state index contributed by atoms with van der Waals surface area (Å²) >= 11 is 6.12. The fourth-order valence-electron chi connectivity index (χ4n) is 4.65. The molecule has 1 saturated heterocycles. The number of benzene rings is 1. The lowest BCUT2D eigenvalue weighted by molar-refractivity contribution is -0.135. The predicted octanol–water partition coefficient (Wildman–Crippen LogP) is 2.35. The second-order valence-corrected chi connectivity index (χ2v) is 8.76. The Morgan fingerprint density at radius 3 is 2.91 bits per heavy atom. The van der Waals surface area contributed by atoms with Crippen LogP contribution in [0.2, 0.25) is 5.02 Å². The summed E-state index contributed by atoms with van der Waals surface area (Å²) in [5.74, 6) is -0.328. The first-order valence-electron chi connectivity index (χ1n) is 11.1. The molecule has 3 amide bonds. The number of piperidine rings is 1. The molecule has 34 heavy (non-hydrogen) atoms. The second-order valence-electron chi connectivity index (χ2n) is 8.32. The van der Waals surface area contributed by atoms with Gasteiger partial charge in [0.1, 0.15) is 11.3 Å². The van der Waals surface area contributed by atoms with Gasteiger partial charge >= 0.3 is 0 Å². The lowest BCUT2D eigenvalue weighted by Crippen LogP contribution is -2.43. The summed E-state index contributed by atoms with van der Waals surface area (Å²) in [7, 11) is 0. The van der Waals surface area contributed by atoms with Crippen LogP contribution in [0.5, 0.6) is 5.75 Å². The number of hydrogen-bond acceptors (Lipinski definition) is 6. The molecule has 2 aromatic heterocycles. The predicted molar refractivity (Wildman–Crippen MR) is 124 cm³/mol. The van der Waals surface area contributed by atoms with Crippen molar-refractivity contribution in [3.63, 3.8) is 0 Å². The van der Waals surface area contributed by atoms with Crippen LogP contribution in [-0.2, 0) is 9.59 Å². The number of nitrogens with two attached hydrogens (primary N) is 1. The molecule has 176 valence electrons. The zero-order chi connectivity index (χ0) is 23.8. The molecule has 1 atom stereocenters. The summed E-state index contributed by atoms with van der Waals surface area (Å²) < 4.78 is 7.07. The molecule has 0 bridgehead atoms. The van der Waals surface area contributed by atoms with Crippen molar-refractivity contribution in [2.45, 2.75) is 31.7 Å². The summed E-state index contributed by atoms with van der Waals surface area (Å²) in [6.45, 7) is 0.735. The van der Waals surface area contributed by atoms with Crippen molar-refractivity contribution >= 4 is 40.7 Å². The highest BCUT2D eigenvalue weighted by atomic mass is 35.5. The Labute approximate surface area is 200 Å². The molecular weight excluding hydrogens is 460 g/mol. The topological polar surface area (TPSA) is 123 Å². The average molecular weight is 483 g/mol. The minimum absolute atomic E-state index is 0.0696. The lowest BCUT2D eigenvalue weighted by atomic mass is 9.98. The molecule has 0 spiro atoms. The maximum atomic E-state index is 13.4. The Morgan fingerprint density at radius 1 is 1.24 bits per heavy atom. The number of fused-ring (bicyclic) bond motifs is 2. The van der Waals surface area contributed by atoms with Crippen LogP contribution in [0.1, 0.15) is 47.8 Å². The molecule has 1 fully saturated rings. The maximum absolute atomic E-state index is 13.4. The molecule has 10 nitrogen and oxygen atoms in total. The van der Waals surface area contributed by atoms with Crippen molar-refractivity contribution in [1.82, 2.24) is 19.5 Å². The Morgan fingerprint density at radius 2 is 2.09 bits per heavy atom. The number of likely N-dealkylation sites (tertiary alicyclic amines) is 1. The molecular formula is C23H23ClN6O4. The van der Waals surface area contributed by atoms with E-state index in [1.807, 2.05) is 11.0 Å². The van der Waals surface area contributed by atoms with Gasteiger partial charge in [-0.05, 0) is 43.5 Å². The van der Waals surface area contributed by atoms with E-state index in [1.54, 1.807) is 33.8 Å². The van der Waals surface area contributed by atoms with E-state index < -0.39 is 5.91 Å². The standard InChI is InChI=1S/C23H23ClN6O4/c24-14-4-5-19-18(11-14)29(21(32)13-34-19)10-7-20(31)28-9-2-1-3-16(28)17-6-8-26-23-15(22(25)33)12-27-30(17)23/h4-6,8,11-12,16H,1-3,7,9-10,13H2,(H2,25,33). The van der Waals surface area contributed by atoms with Crippen LogP contribution in [0.15, 0.2) is 36.7 Å². The van der Waals surface area contributed by atoms with Crippen molar-refractivity contribution in [2.24, 2.45) is 5.73 Å². The smallest absolute Gasteiger partial charge is 0.265 e. The van der Waals surface area contributed by atoms with E-state index in [0.717, 1.165) is 25.0 Å². The van der Waals surface area contributed by atoms with Gasteiger partial charge in [-0.3, -0.25) is 14.4 Å². The molecule has 2 N–H and O–H groups in total. The minimum atomic E-state index is -0.605. The van der Waals surface area contributed by atoms with E-state index in [2.05, 4.69) is 10.1 Å². The van der Waals surface area contributed by atoms with Crippen molar-refractivity contribution in [1.29, 1.82) is 0 Å². The number of aromatic nitrogens is 3. The molecule has 2 aliphatic rings. The Kier molecular flexibility index (Phi) is 5.82. The SMILES string of the molecule is NC(=O)c1cnn2c(C3CCCCN3C(=O)CCN3C(=O)COc4ccc(Cl)cc43)ccnc12. The number of hydrogen-bond donors (Lipinski definition) is 1. The minimum Gasteiger partial charge on any atom is -0.482 e. The lowest BCUT2D eigenvalue weighted by Gasteiger charge is -2.37. The Bertz CT molecular complexity index is 1290. The van der Waals surface area contributed by atoms with Crippen molar-refractivity contribution < 1.29 is 19.1 Å². The first-order chi connectivity index (χ1) is 16.4. The van der Waals surface area contributed by atoms with Gasteiger partial charge in [0, 0.05) is 30.7 Å². The van der Waals surface area contributed by atoms with E-state index in [9.17, 15) is 14.4 Å². The second kappa shape index (κ2) is 8.94. The van der Waals surface area contributed by atoms with Crippen molar-refractivity contribution in [2.75, 3.05) is 24.6 Å². The van der Waals surface area contributed by atoms with Crippen LogP contribution in [0.3, 0.4) is 0 Å². The summed E-state index contributed by atoms with van der Waals surface area (Å²) in [6, 6.07) is 6.68. The van der Waals surface area contributed by atoms with Gasteiger partial charge in [-0.1, -0.05) is 11.6 Å². The monoisotopic (exact) mass is 482 g/mol. The molecule has 0 aliphatic carbocycles. The van der Waals surface area contributed by atoms with Gasteiger partial charge in [-0.25, -0.2) is 9.50 Å². The third kappa shape index (κ3) is 3.94. The number of nitrogens with zero attached hydrogens (tertiary/aromatic N) is 5. The molecule has 1 unspecified atom stereocenters. The van der Waals surface area contributed by atoms with E-state index in [4.69, 9.17) is 22.1 Å². The number of halogens is 1. The molecule has 4 heterocycles. The van der Waals surface area contributed by atoms with E-state index in [-0.39, 0.29) is 43.0 Å². The first-order valence-corrected chi connectivity index (χ1v) is 11.5. The first kappa shape index (κ1) is 22.1. The normalized spacial score (nSPS) is 18.0. The van der Waals surface area contributed by atoms with Gasteiger partial charge < -0.3 is 20.3 Å². The molecule has 3 aromatic rings. The number of primary amides is 1. The van der Waals surface area contributed by atoms with Crippen LogP contribution in [0.4, 0.5) is 5.69 Å². The third-order valence-electron chi connectivity index (χ3n) is 6.27. The van der Waals surface area contributed by atoms with Gasteiger partial charge in [0.2, 0.25) is 5.91 Å². The number of carbonyl (C=O) groups is 3. The quantitative estimate of drug-likeness (QED) is 0.595. The van der Waals surface area contributed by atoms with E-state index in [0.29, 0.717) is 28.7 Å². The van der Waals surface area contributed by atoms with Crippen LogP contribution in [-0.4, -0.2) is 56.9 Å².